The van der Waals surface area contributed by atoms with Crippen LogP contribution in [0.15, 0.2) is 18.2 Å². The van der Waals surface area contributed by atoms with Gasteiger partial charge in [-0.2, -0.15) is 0 Å². The molecule has 0 radical (unpaired) electrons. The first kappa shape index (κ1) is 13.8. The molecule has 1 atom stereocenters. The van der Waals surface area contributed by atoms with E-state index >= 15 is 0 Å². The van der Waals surface area contributed by atoms with Crippen LogP contribution in [0, 0.1) is 0 Å². The van der Waals surface area contributed by atoms with Gasteiger partial charge in [-0.15, -0.1) is 0 Å². The number of hydrogen-bond donors (Lipinski definition) is 2. The SMILES string of the molecule is COC(=O)CCC(N)Cc1c(O)cccc1Cl. The first-order chi connectivity index (χ1) is 8.04. The number of methoxy groups -OCH3 is 1. The molecule has 0 aliphatic heterocycles. The molecule has 94 valence electrons. The Labute approximate surface area is 105 Å². The molecule has 0 aliphatic carbocycles. The fraction of sp³-hybridized carbons (Fsp3) is 0.417. The van der Waals surface area contributed by atoms with E-state index in [9.17, 15) is 9.90 Å². The van der Waals surface area contributed by atoms with E-state index in [1.165, 1.54) is 7.11 Å². The van der Waals surface area contributed by atoms with Gasteiger partial charge in [0.15, 0.2) is 0 Å². The normalized spacial score (nSPS) is 12.2. The minimum Gasteiger partial charge on any atom is -0.508 e. The molecule has 0 saturated carbocycles. The highest BCUT2D eigenvalue weighted by Gasteiger charge is 2.12. The largest absolute Gasteiger partial charge is 0.508 e. The summed E-state index contributed by atoms with van der Waals surface area (Å²) in [5.74, 6) is -0.158. The van der Waals surface area contributed by atoms with Gasteiger partial charge in [0.05, 0.1) is 7.11 Å². The van der Waals surface area contributed by atoms with Gasteiger partial charge >= 0.3 is 5.97 Å². The molecule has 0 bridgehead atoms. The first-order valence-electron chi connectivity index (χ1n) is 5.33. The number of carbonyl (C=O) groups is 1. The van der Waals surface area contributed by atoms with E-state index < -0.39 is 0 Å². The van der Waals surface area contributed by atoms with Gasteiger partial charge in [0.25, 0.3) is 0 Å². The van der Waals surface area contributed by atoms with E-state index in [1.807, 2.05) is 0 Å². The summed E-state index contributed by atoms with van der Waals surface area (Å²) in [7, 11) is 1.34. The molecule has 0 heterocycles. The Morgan fingerprint density at radius 3 is 2.88 bits per heavy atom. The summed E-state index contributed by atoms with van der Waals surface area (Å²) in [6.45, 7) is 0. The van der Waals surface area contributed by atoms with Crippen LogP contribution in [0.2, 0.25) is 5.02 Å². The predicted octanol–water partition coefficient (Wildman–Crippen LogP) is 1.87. The smallest absolute Gasteiger partial charge is 0.305 e. The van der Waals surface area contributed by atoms with Crippen molar-refractivity contribution in [3.63, 3.8) is 0 Å². The van der Waals surface area contributed by atoms with Gasteiger partial charge in [-0.05, 0) is 25.0 Å². The standard InChI is InChI=1S/C12H16ClNO3/c1-17-12(16)6-5-8(14)7-9-10(13)3-2-4-11(9)15/h2-4,8,15H,5-7,14H2,1H3. The topological polar surface area (TPSA) is 72.5 Å². The first-order valence-corrected chi connectivity index (χ1v) is 5.71. The predicted molar refractivity (Wildman–Crippen MR) is 66.0 cm³/mol. The second-order valence-corrected chi connectivity index (χ2v) is 4.22. The number of phenolic OH excluding ortho intramolecular Hbond substituents is 1. The maximum Gasteiger partial charge on any atom is 0.305 e. The lowest BCUT2D eigenvalue weighted by Gasteiger charge is -2.13. The highest BCUT2D eigenvalue weighted by Crippen LogP contribution is 2.26. The molecule has 0 amide bonds. The summed E-state index contributed by atoms with van der Waals surface area (Å²) < 4.78 is 4.53. The second kappa shape index (κ2) is 6.47. The Balaban J connectivity index is 2.56. The molecule has 0 saturated heterocycles. The zero-order valence-corrected chi connectivity index (χ0v) is 10.4. The Morgan fingerprint density at radius 1 is 1.59 bits per heavy atom. The van der Waals surface area contributed by atoms with E-state index in [4.69, 9.17) is 17.3 Å². The van der Waals surface area contributed by atoms with Gasteiger partial charge in [0.1, 0.15) is 5.75 Å². The number of hydrogen-bond acceptors (Lipinski definition) is 4. The number of rotatable bonds is 5. The quantitative estimate of drug-likeness (QED) is 0.790. The summed E-state index contributed by atoms with van der Waals surface area (Å²) in [4.78, 5) is 10.9. The average Bonchev–Trinajstić information content (AvgIpc) is 2.31. The number of ether oxygens (including phenoxy) is 1. The van der Waals surface area contributed by atoms with Gasteiger partial charge in [-0.25, -0.2) is 0 Å². The monoisotopic (exact) mass is 257 g/mol. The van der Waals surface area contributed by atoms with Gasteiger partial charge in [-0.1, -0.05) is 17.7 Å². The van der Waals surface area contributed by atoms with Crippen LogP contribution in [0.25, 0.3) is 0 Å². The number of carbonyl (C=O) groups excluding carboxylic acids is 1. The number of phenols is 1. The molecule has 4 nitrogen and oxygen atoms in total. The maximum absolute atomic E-state index is 10.9. The molecule has 1 aromatic rings. The van der Waals surface area contributed by atoms with E-state index in [1.54, 1.807) is 18.2 Å². The lowest BCUT2D eigenvalue weighted by atomic mass is 10.0. The van der Waals surface area contributed by atoms with Crippen LogP contribution in [-0.2, 0) is 16.0 Å². The van der Waals surface area contributed by atoms with E-state index in [2.05, 4.69) is 4.74 Å². The molecule has 5 heteroatoms. The molecule has 1 unspecified atom stereocenters. The zero-order valence-electron chi connectivity index (χ0n) is 9.65. The third-order valence-electron chi connectivity index (χ3n) is 2.51. The summed E-state index contributed by atoms with van der Waals surface area (Å²) >= 11 is 5.96. The molecule has 3 N–H and O–H groups in total. The number of halogens is 1. The minimum atomic E-state index is -0.288. The number of benzene rings is 1. The summed E-state index contributed by atoms with van der Waals surface area (Å²) in [5, 5.41) is 10.1. The number of nitrogens with two attached hydrogens (primary N) is 1. The van der Waals surface area contributed by atoms with Crippen LogP contribution in [0.3, 0.4) is 0 Å². The molecule has 1 rings (SSSR count). The van der Waals surface area contributed by atoms with E-state index in [-0.39, 0.29) is 24.2 Å². The molecule has 0 spiro atoms. The summed E-state index contributed by atoms with van der Waals surface area (Å²) in [6.07, 6.45) is 1.20. The van der Waals surface area contributed by atoms with Crippen molar-refractivity contribution in [2.24, 2.45) is 5.73 Å². The Kier molecular flexibility index (Phi) is 5.25. The highest BCUT2D eigenvalue weighted by atomic mass is 35.5. The molecule has 17 heavy (non-hydrogen) atoms. The van der Waals surface area contributed by atoms with E-state index in [0.29, 0.717) is 23.4 Å². The van der Waals surface area contributed by atoms with Gasteiger partial charge in [-0.3, -0.25) is 4.79 Å². The van der Waals surface area contributed by atoms with Crippen LogP contribution < -0.4 is 5.73 Å². The Bertz CT molecular complexity index is 375. The number of esters is 1. The van der Waals surface area contributed by atoms with Crippen LogP contribution in [-0.4, -0.2) is 24.2 Å². The number of aromatic hydroxyl groups is 1. The minimum absolute atomic E-state index is 0.131. The fourth-order valence-electron chi connectivity index (χ4n) is 1.52. The van der Waals surface area contributed by atoms with Crippen LogP contribution in [0.5, 0.6) is 5.75 Å². The third-order valence-corrected chi connectivity index (χ3v) is 2.86. The fourth-order valence-corrected chi connectivity index (χ4v) is 1.77. The van der Waals surface area contributed by atoms with Gasteiger partial charge < -0.3 is 15.6 Å². The van der Waals surface area contributed by atoms with Gasteiger partial charge in [0.2, 0.25) is 0 Å². The van der Waals surface area contributed by atoms with Crippen molar-refractivity contribution in [2.75, 3.05) is 7.11 Å². The molecule has 1 aromatic carbocycles. The van der Waals surface area contributed by atoms with Crippen molar-refractivity contribution in [1.29, 1.82) is 0 Å². The lowest BCUT2D eigenvalue weighted by Crippen LogP contribution is -2.24. The molecule has 0 fully saturated rings. The Morgan fingerprint density at radius 2 is 2.29 bits per heavy atom. The molecule has 0 aromatic heterocycles. The lowest BCUT2D eigenvalue weighted by molar-refractivity contribution is -0.140. The van der Waals surface area contributed by atoms with Crippen molar-refractivity contribution in [3.8, 4) is 5.75 Å². The summed E-state index contributed by atoms with van der Waals surface area (Å²) in [6, 6.07) is 4.69. The Hall–Kier alpha value is -1.26. The van der Waals surface area contributed by atoms with Crippen molar-refractivity contribution < 1.29 is 14.6 Å². The van der Waals surface area contributed by atoms with Crippen molar-refractivity contribution in [2.45, 2.75) is 25.3 Å². The van der Waals surface area contributed by atoms with E-state index in [0.717, 1.165) is 0 Å². The maximum atomic E-state index is 10.9. The van der Waals surface area contributed by atoms with Crippen molar-refractivity contribution in [1.82, 2.24) is 0 Å². The van der Waals surface area contributed by atoms with Crippen molar-refractivity contribution >= 4 is 17.6 Å². The van der Waals surface area contributed by atoms with Crippen LogP contribution in [0.1, 0.15) is 18.4 Å². The second-order valence-electron chi connectivity index (χ2n) is 3.82. The van der Waals surface area contributed by atoms with Crippen molar-refractivity contribution in [3.05, 3.63) is 28.8 Å². The molecule has 0 aliphatic rings. The average molecular weight is 258 g/mol. The van der Waals surface area contributed by atoms with Crippen LogP contribution in [0.4, 0.5) is 0 Å². The third kappa shape index (κ3) is 4.24. The summed E-state index contributed by atoms with van der Waals surface area (Å²) in [5.41, 5.74) is 6.49. The van der Waals surface area contributed by atoms with Gasteiger partial charge in [0, 0.05) is 23.0 Å². The molecular weight excluding hydrogens is 242 g/mol. The highest BCUT2D eigenvalue weighted by molar-refractivity contribution is 6.31. The zero-order chi connectivity index (χ0) is 12.8. The molecular formula is C12H16ClNO3. The van der Waals surface area contributed by atoms with Crippen LogP contribution >= 0.6 is 11.6 Å².